The number of rotatable bonds is 5. The summed E-state index contributed by atoms with van der Waals surface area (Å²) >= 11 is 0. The average Bonchev–Trinajstić information content (AvgIpc) is 2.69. The number of aliphatic imine (C=N–C) groups is 1. The van der Waals surface area contributed by atoms with Crippen molar-refractivity contribution in [3.63, 3.8) is 0 Å². The summed E-state index contributed by atoms with van der Waals surface area (Å²) in [6, 6.07) is 14.0. The van der Waals surface area contributed by atoms with Crippen molar-refractivity contribution in [3.05, 3.63) is 59.9 Å². The summed E-state index contributed by atoms with van der Waals surface area (Å²) in [4.78, 5) is 11.1. The van der Waals surface area contributed by atoms with Crippen molar-refractivity contribution in [1.29, 1.82) is 0 Å². The van der Waals surface area contributed by atoms with Crippen LogP contribution in [0, 0.1) is 5.92 Å². The first-order valence-corrected chi connectivity index (χ1v) is 9.32. The number of nitrogens with one attached hydrogen (secondary N) is 1. The first-order chi connectivity index (χ1) is 12.7. The molecule has 0 aliphatic carbocycles. The topological polar surface area (TPSA) is 49.8 Å². The summed E-state index contributed by atoms with van der Waals surface area (Å²) in [5.41, 5.74) is 2.10. The highest BCUT2D eigenvalue weighted by Gasteiger charge is 2.18. The zero-order valence-electron chi connectivity index (χ0n) is 16.1. The molecule has 1 saturated heterocycles. The number of hydrogen-bond acceptors (Lipinski definition) is 3. The Morgan fingerprint density at radius 2 is 2.04 bits per heavy atom. The third-order valence-corrected chi connectivity index (χ3v) is 4.76. The van der Waals surface area contributed by atoms with E-state index in [-0.39, 0.29) is 24.0 Å². The molecule has 5 nitrogen and oxygen atoms in total. The molecule has 1 fully saturated rings. The monoisotopic (exact) mass is 480 g/mol. The number of pyridine rings is 1. The number of piperidine rings is 1. The molecule has 1 N–H and O–H groups in total. The van der Waals surface area contributed by atoms with Crippen molar-refractivity contribution >= 4 is 29.9 Å². The Balaban J connectivity index is 0.00000261. The molecule has 0 unspecified atom stereocenters. The molecule has 0 saturated carbocycles. The Kier molecular flexibility index (Phi) is 8.84. The molecule has 6 heteroatoms. The van der Waals surface area contributed by atoms with E-state index in [4.69, 9.17) is 4.74 Å². The van der Waals surface area contributed by atoms with Crippen LogP contribution in [0.4, 0.5) is 0 Å². The van der Waals surface area contributed by atoms with Crippen LogP contribution >= 0.6 is 24.0 Å². The third kappa shape index (κ3) is 6.68. The van der Waals surface area contributed by atoms with Gasteiger partial charge in [0.25, 0.3) is 0 Å². The van der Waals surface area contributed by atoms with Crippen LogP contribution in [-0.2, 0) is 13.2 Å². The number of nitrogens with zero attached hydrogens (tertiary/aromatic N) is 3. The molecule has 1 aromatic heterocycles. The van der Waals surface area contributed by atoms with Crippen molar-refractivity contribution in [3.8, 4) is 5.75 Å². The summed E-state index contributed by atoms with van der Waals surface area (Å²) in [7, 11) is 1.85. The molecule has 1 aliphatic rings. The standard InChI is InChI=1S/C21H28N4O.HI/c1-17-9-12-25(13-10-17)21(22-2)24-15-18-6-5-8-20(14-18)26-16-19-7-3-4-11-23-19;/h3-8,11,14,17H,9-10,12-13,15-16H2,1-2H3,(H,22,24);1H. The number of likely N-dealkylation sites (tertiary alicyclic amines) is 1. The fraction of sp³-hybridized carbons (Fsp3) is 0.429. The van der Waals surface area contributed by atoms with Crippen molar-refractivity contribution in [2.75, 3.05) is 20.1 Å². The minimum absolute atomic E-state index is 0. The largest absolute Gasteiger partial charge is 0.487 e. The van der Waals surface area contributed by atoms with E-state index in [0.29, 0.717) is 6.61 Å². The highest BCUT2D eigenvalue weighted by Crippen LogP contribution is 2.17. The summed E-state index contributed by atoms with van der Waals surface area (Å²) in [6.07, 6.45) is 4.25. The Bertz CT molecular complexity index is 715. The molecule has 2 heterocycles. The molecule has 146 valence electrons. The summed E-state index contributed by atoms with van der Waals surface area (Å²) in [5, 5.41) is 3.48. The van der Waals surface area contributed by atoms with Crippen LogP contribution in [0.1, 0.15) is 31.0 Å². The van der Waals surface area contributed by atoms with Gasteiger partial charge in [-0.25, -0.2) is 0 Å². The van der Waals surface area contributed by atoms with Crippen LogP contribution < -0.4 is 10.1 Å². The number of halogens is 1. The predicted octanol–water partition coefficient (Wildman–Crippen LogP) is 4.09. The highest BCUT2D eigenvalue weighted by molar-refractivity contribution is 14.0. The van der Waals surface area contributed by atoms with Gasteiger partial charge in [-0.2, -0.15) is 0 Å². The maximum atomic E-state index is 5.86. The van der Waals surface area contributed by atoms with Gasteiger partial charge in [-0.05, 0) is 48.6 Å². The van der Waals surface area contributed by atoms with E-state index in [9.17, 15) is 0 Å². The van der Waals surface area contributed by atoms with E-state index in [1.54, 1.807) is 6.20 Å². The molecular formula is C21H29IN4O. The molecular weight excluding hydrogens is 451 g/mol. The fourth-order valence-electron chi connectivity index (χ4n) is 3.12. The van der Waals surface area contributed by atoms with Gasteiger partial charge in [-0.1, -0.05) is 25.1 Å². The maximum absolute atomic E-state index is 5.86. The number of benzene rings is 1. The molecule has 3 rings (SSSR count). The van der Waals surface area contributed by atoms with Crippen LogP contribution in [0.3, 0.4) is 0 Å². The van der Waals surface area contributed by atoms with Gasteiger partial charge in [0, 0.05) is 32.9 Å². The van der Waals surface area contributed by atoms with Gasteiger partial charge in [0.05, 0.1) is 5.69 Å². The molecule has 1 aromatic carbocycles. The second-order valence-electron chi connectivity index (χ2n) is 6.83. The van der Waals surface area contributed by atoms with Crippen LogP contribution in [0.2, 0.25) is 0 Å². The summed E-state index contributed by atoms with van der Waals surface area (Å²) in [6.45, 7) is 5.69. The fourth-order valence-corrected chi connectivity index (χ4v) is 3.12. The van der Waals surface area contributed by atoms with Crippen molar-refractivity contribution in [2.24, 2.45) is 10.9 Å². The van der Waals surface area contributed by atoms with Gasteiger partial charge in [0.1, 0.15) is 12.4 Å². The van der Waals surface area contributed by atoms with E-state index < -0.39 is 0 Å². The minimum atomic E-state index is 0. The normalized spacial score (nSPS) is 15.2. The number of aromatic nitrogens is 1. The Hall–Kier alpha value is -1.83. The Labute approximate surface area is 179 Å². The van der Waals surface area contributed by atoms with E-state index in [1.807, 2.05) is 37.4 Å². The quantitative estimate of drug-likeness (QED) is 0.398. The Morgan fingerprint density at radius 1 is 1.22 bits per heavy atom. The van der Waals surface area contributed by atoms with Gasteiger partial charge in [-0.15, -0.1) is 24.0 Å². The summed E-state index contributed by atoms with van der Waals surface area (Å²) in [5.74, 6) is 2.66. The average molecular weight is 480 g/mol. The van der Waals surface area contributed by atoms with Crippen LogP contribution in [-0.4, -0.2) is 36.0 Å². The van der Waals surface area contributed by atoms with Crippen LogP contribution in [0.25, 0.3) is 0 Å². The summed E-state index contributed by atoms with van der Waals surface area (Å²) < 4.78 is 5.86. The van der Waals surface area contributed by atoms with E-state index in [1.165, 1.54) is 18.4 Å². The van der Waals surface area contributed by atoms with Crippen molar-refractivity contribution in [2.45, 2.75) is 32.9 Å². The molecule has 2 aromatic rings. The molecule has 1 aliphatic heterocycles. The predicted molar refractivity (Wildman–Crippen MR) is 121 cm³/mol. The van der Waals surface area contributed by atoms with Crippen LogP contribution in [0.15, 0.2) is 53.7 Å². The first kappa shape index (κ1) is 21.5. The third-order valence-electron chi connectivity index (χ3n) is 4.76. The number of ether oxygens (including phenoxy) is 1. The van der Waals surface area contributed by atoms with Gasteiger partial charge >= 0.3 is 0 Å². The van der Waals surface area contributed by atoms with E-state index >= 15 is 0 Å². The lowest BCUT2D eigenvalue weighted by atomic mass is 10.00. The van der Waals surface area contributed by atoms with Crippen LogP contribution in [0.5, 0.6) is 5.75 Å². The van der Waals surface area contributed by atoms with Gasteiger partial charge in [0.2, 0.25) is 0 Å². The molecule has 0 bridgehead atoms. The van der Waals surface area contributed by atoms with E-state index in [0.717, 1.165) is 43.0 Å². The number of hydrogen-bond donors (Lipinski definition) is 1. The number of guanidine groups is 1. The SMILES string of the molecule is CN=C(NCc1cccc(OCc2ccccn2)c1)N1CCC(C)CC1.I. The second-order valence-corrected chi connectivity index (χ2v) is 6.83. The first-order valence-electron chi connectivity index (χ1n) is 9.32. The molecule has 0 amide bonds. The lowest BCUT2D eigenvalue weighted by Crippen LogP contribution is -2.45. The zero-order chi connectivity index (χ0) is 18.2. The lowest BCUT2D eigenvalue weighted by molar-refractivity contribution is 0.273. The molecule has 0 radical (unpaired) electrons. The van der Waals surface area contributed by atoms with Crippen molar-refractivity contribution in [1.82, 2.24) is 15.2 Å². The highest BCUT2D eigenvalue weighted by atomic mass is 127. The van der Waals surface area contributed by atoms with Gasteiger partial charge in [-0.3, -0.25) is 9.98 Å². The zero-order valence-corrected chi connectivity index (χ0v) is 18.4. The lowest BCUT2D eigenvalue weighted by Gasteiger charge is -2.32. The smallest absolute Gasteiger partial charge is 0.193 e. The second kappa shape index (κ2) is 11.1. The van der Waals surface area contributed by atoms with Crippen molar-refractivity contribution < 1.29 is 4.74 Å². The minimum Gasteiger partial charge on any atom is -0.487 e. The van der Waals surface area contributed by atoms with Gasteiger partial charge < -0.3 is 15.0 Å². The maximum Gasteiger partial charge on any atom is 0.193 e. The molecule has 27 heavy (non-hydrogen) atoms. The molecule has 0 atom stereocenters. The Morgan fingerprint density at radius 3 is 2.74 bits per heavy atom. The van der Waals surface area contributed by atoms with E-state index in [2.05, 4.69) is 39.2 Å². The molecule has 0 spiro atoms. The van der Waals surface area contributed by atoms with Gasteiger partial charge in [0.15, 0.2) is 5.96 Å².